The van der Waals surface area contributed by atoms with Gasteiger partial charge in [-0.15, -0.1) is 0 Å². The highest BCUT2D eigenvalue weighted by atomic mass is 32.2. The zero-order valence-electron chi connectivity index (χ0n) is 11.9. The zero-order chi connectivity index (χ0) is 15.0. The van der Waals surface area contributed by atoms with Crippen molar-refractivity contribution >= 4 is 21.7 Å². The molecule has 2 heterocycles. The summed E-state index contributed by atoms with van der Waals surface area (Å²) in [6.07, 6.45) is 2.51. The number of sulfonamides is 1. The van der Waals surface area contributed by atoms with E-state index in [-0.39, 0.29) is 17.5 Å². The molecule has 0 aromatic heterocycles. The predicted octanol–water partition coefficient (Wildman–Crippen LogP) is 1.82. The van der Waals surface area contributed by atoms with E-state index in [1.165, 1.54) is 11.0 Å². The number of carbonyl (C=O) groups excluding carboxylic acids is 1. The number of carbonyl (C=O) groups is 1. The third-order valence-corrected chi connectivity index (χ3v) is 5.79. The molecule has 1 aromatic rings. The van der Waals surface area contributed by atoms with E-state index in [0.29, 0.717) is 18.7 Å². The normalized spacial score (nSPS) is 24.2. The number of benzene rings is 1. The van der Waals surface area contributed by atoms with E-state index in [1.54, 1.807) is 25.2 Å². The van der Waals surface area contributed by atoms with Crippen molar-refractivity contribution in [1.29, 1.82) is 0 Å². The summed E-state index contributed by atoms with van der Waals surface area (Å²) in [7, 11) is -2.18. The van der Waals surface area contributed by atoms with Crippen molar-refractivity contribution in [2.75, 3.05) is 25.1 Å². The van der Waals surface area contributed by atoms with Crippen LogP contribution >= 0.6 is 0 Å². The van der Waals surface area contributed by atoms with Gasteiger partial charge in [0.15, 0.2) is 0 Å². The molecular weight excluding hydrogens is 292 g/mol. The summed E-state index contributed by atoms with van der Waals surface area (Å²) in [4.78, 5) is 13.9. The average molecular weight is 310 g/mol. The number of nitrogens with zero attached hydrogens (tertiary/aromatic N) is 2. The van der Waals surface area contributed by atoms with E-state index in [0.717, 1.165) is 17.1 Å². The highest BCUT2D eigenvalue weighted by Gasteiger charge is 2.39. The third kappa shape index (κ3) is 2.40. The molecule has 0 saturated carbocycles. The van der Waals surface area contributed by atoms with Gasteiger partial charge in [-0.1, -0.05) is 12.1 Å². The number of urea groups is 1. The van der Waals surface area contributed by atoms with Crippen LogP contribution in [0.3, 0.4) is 0 Å². The lowest BCUT2D eigenvalue weighted by atomic mass is 10.2. The maximum Gasteiger partial charge on any atom is 0.338 e. The highest BCUT2D eigenvalue weighted by molar-refractivity contribution is 7.90. The summed E-state index contributed by atoms with van der Waals surface area (Å²) in [6, 6.07) is 6.06. The first-order valence-electron chi connectivity index (χ1n) is 7.03. The van der Waals surface area contributed by atoms with Crippen LogP contribution in [-0.2, 0) is 14.8 Å². The van der Waals surface area contributed by atoms with Gasteiger partial charge in [0.05, 0.1) is 11.8 Å². The van der Waals surface area contributed by atoms with Crippen LogP contribution in [0.5, 0.6) is 0 Å². The van der Waals surface area contributed by atoms with Crippen molar-refractivity contribution in [1.82, 2.24) is 4.31 Å². The second-order valence-electron chi connectivity index (χ2n) is 5.31. The summed E-state index contributed by atoms with van der Waals surface area (Å²) in [5, 5.41) is 0. The van der Waals surface area contributed by atoms with Crippen molar-refractivity contribution in [2.45, 2.75) is 30.3 Å². The minimum atomic E-state index is -3.77. The highest BCUT2D eigenvalue weighted by Crippen LogP contribution is 2.33. The smallest absolute Gasteiger partial charge is 0.338 e. The Morgan fingerprint density at radius 1 is 1.33 bits per heavy atom. The van der Waals surface area contributed by atoms with Crippen LogP contribution < -0.4 is 4.90 Å². The van der Waals surface area contributed by atoms with Crippen LogP contribution in [0, 0.1) is 0 Å². The maximum absolute atomic E-state index is 12.6. The van der Waals surface area contributed by atoms with Gasteiger partial charge in [0.2, 0.25) is 0 Å². The number of fused-ring (bicyclic) bond motifs is 1. The van der Waals surface area contributed by atoms with Crippen LogP contribution in [0.4, 0.5) is 10.5 Å². The van der Waals surface area contributed by atoms with Gasteiger partial charge in [-0.2, -0.15) is 0 Å². The molecule has 2 aliphatic heterocycles. The molecule has 2 aliphatic rings. The van der Waals surface area contributed by atoms with Crippen molar-refractivity contribution in [3.8, 4) is 0 Å². The van der Waals surface area contributed by atoms with Gasteiger partial charge in [0.25, 0.3) is 10.0 Å². The van der Waals surface area contributed by atoms with Gasteiger partial charge >= 0.3 is 6.03 Å². The topological polar surface area (TPSA) is 66.9 Å². The van der Waals surface area contributed by atoms with Gasteiger partial charge in [-0.3, -0.25) is 4.90 Å². The van der Waals surface area contributed by atoms with Crippen molar-refractivity contribution in [3.05, 3.63) is 24.3 Å². The van der Waals surface area contributed by atoms with Crippen molar-refractivity contribution in [3.63, 3.8) is 0 Å². The van der Waals surface area contributed by atoms with Gasteiger partial charge in [-0.05, 0) is 31.4 Å². The fourth-order valence-electron chi connectivity index (χ4n) is 2.79. The van der Waals surface area contributed by atoms with Crippen LogP contribution in [0.1, 0.15) is 19.3 Å². The number of para-hydroxylation sites is 1. The summed E-state index contributed by atoms with van der Waals surface area (Å²) in [5.41, 5.74) is 0.427. The molecule has 0 N–H and O–H groups in total. The molecule has 114 valence electrons. The number of hydrogen-bond donors (Lipinski definition) is 0. The molecule has 1 fully saturated rings. The predicted molar refractivity (Wildman–Crippen MR) is 77.7 cm³/mol. The first-order chi connectivity index (χ1) is 10.0. The standard InChI is InChI=1S/C14H18N2O4S/c1-15-12-6-2-3-7-13(12)21(18,19)16(14(15)17)9-8-11-5-4-10-20-11/h2-3,6-7,11H,4-5,8-10H2,1H3/t11-/m1/s1. The SMILES string of the molecule is CN1C(=O)N(CC[C@H]2CCCO2)S(=O)(=O)c2ccccc21. The lowest BCUT2D eigenvalue weighted by Crippen LogP contribution is -2.49. The average Bonchev–Trinajstić information content (AvgIpc) is 2.98. The first kappa shape index (κ1) is 14.3. The van der Waals surface area contributed by atoms with Crippen molar-refractivity contribution in [2.24, 2.45) is 0 Å². The minimum absolute atomic E-state index is 0.0514. The molecule has 3 rings (SSSR count). The molecule has 1 saturated heterocycles. The molecule has 21 heavy (non-hydrogen) atoms. The summed E-state index contributed by atoms with van der Waals surface area (Å²) < 4.78 is 31.7. The summed E-state index contributed by atoms with van der Waals surface area (Å²) in [6.45, 7) is 0.874. The number of rotatable bonds is 3. The second kappa shape index (κ2) is 5.31. The van der Waals surface area contributed by atoms with Crippen LogP contribution in [0.25, 0.3) is 0 Å². The molecule has 6 nitrogen and oxygen atoms in total. The zero-order valence-corrected chi connectivity index (χ0v) is 12.7. The van der Waals surface area contributed by atoms with Gasteiger partial charge < -0.3 is 4.74 Å². The Labute approximate surface area is 124 Å². The third-order valence-electron chi connectivity index (χ3n) is 3.97. The molecule has 0 spiro atoms. The monoisotopic (exact) mass is 310 g/mol. The molecule has 0 radical (unpaired) electrons. The van der Waals surface area contributed by atoms with Gasteiger partial charge in [0.1, 0.15) is 4.90 Å². The van der Waals surface area contributed by atoms with Crippen LogP contribution in [0.2, 0.25) is 0 Å². The Morgan fingerprint density at radius 2 is 2.10 bits per heavy atom. The fraction of sp³-hybridized carbons (Fsp3) is 0.500. The van der Waals surface area contributed by atoms with Gasteiger partial charge in [-0.25, -0.2) is 17.5 Å². The maximum atomic E-state index is 12.6. The van der Waals surface area contributed by atoms with E-state index in [9.17, 15) is 13.2 Å². The first-order valence-corrected chi connectivity index (χ1v) is 8.47. The number of ether oxygens (including phenoxy) is 1. The Morgan fingerprint density at radius 3 is 2.81 bits per heavy atom. The Kier molecular flexibility index (Phi) is 3.62. The largest absolute Gasteiger partial charge is 0.378 e. The quantitative estimate of drug-likeness (QED) is 0.854. The van der Waals surface area contributed by atoms with E-state index >= 15 is 0 Å². The van der Waals surface area contributed by atoms with E-state index in [2.05, 4.69) is 0 Å². The lowest BCUT2D eigenvalue weighted by Gasteiger charge is -2.34. The van der Waals surface area contributed by atoms with E-state index in [1.807, 2.05) is 0 Å². The molecule has 0 unspecified atom stereocenters. The molecule has 1 aromatic carbocycles. The van der Waals surface area contributed by atoms with E-state index < -0.39 is 16.1 Å². The Balaban J connectivity index is 1.88. The van der Waals surface area contributed by atoms with Crippen LogP contribution in [-0.4, -0.2) is 45.1 Å². The molecule has 0 bridgehead atoms. The van der Waals surface area contributed by atoms with Crippen LogP contribution in [0.15, 0.2) is 29.2 Å². The lowest BCUT2D eigenvalue weighted by molar-refractivity contribution is 0.101. The van der Waals surface area contributed by atoms with Gasteiger partial charge in [0, 0.05) is 20.2 Å². The van der Waals surface area contributed by atoms with Crippen molar-refractivity contribution < 1.29 is 17.9 Å². The minimum Gasteiger partial charge on any atom is -0.378 e. The number of anilines is 1. The van der Waals surface area contributed by atoms with E-state index in [4.69, 9.17) is 4.74 Å². The summed E-state index contributed by atoms with van der Waals surface area (Å²) in [5.74, 6) is 0. The number of hydrogen-bond acceptors (Lipinski definition) is 4. The second-order valence-corrected chi connectivity index (χ2v) is 7.14. The molecule has 2 amide bonds. The fourth-order valence-corrected chi connectivity index (χ4v) is 4.42. The molecule has 1 atom stereocenters. The summed E-state index contributed by atoms with van der Waals surface area (Å²) >= 11 is 0. The number of amides is 2. The Hall–Kier alpha value is -1.60. The Bertz CT molecular complexity index is 653. The molecular formula is C14H18N2O4S. The molecule has 7 heteroatoms. The molecule has 0 aliphatic carbocycles.